The van der Waals surface area contributed by atoms with Crippen molar-refractivity contribution < 1.29 is 18.7 Å². The summed E-state index contributed by atoms with van der Waals surface area (Å²) in [5.41, 5.74) is 1.84. The maximum atomic E-state index is 13.1. The predicted molar refractivity (Wildman–Crippen MR) is 122 cm³/mol. The van der Waals surface area contributed by atoms with Crippen molar-refractivity contribution in [2.45, 2.75) is 25.3 Å². The maximum absolute atomic E-state index is 13.1. The molecule has 6 nitrogen and oxygen atoms in total. The van der Waals surface area contributed by atoms with E-state index in [4.69, 9.17) is 4.74 Å². The largest absolute Gasteiger partial charge is 0.497 e. The third-order valence-electron chi connectivity index (χ3n) is 5.99. The van der Waals surface area contributed by atoms with Crippen molar-refractivity contribution in [1.29, 1.82) is 0 Å². The van der Waals surface area contributed by atoms with Crippen LogP contribution in [0.25, 0.3) is 0 Å². The minimum Gasteiger partial charge on any atom is -0.497 e. The van der Waals surface area contributed by atoms with Gasteiger partial charge in [0.15, 0.2) is 0 Å². The lowest BCUT2D eigenvalue weighted by molar-refractivity contribution is -0.135. The number of piperidine rings is 1. The van der Waals surface area contributed by atoms with Crippen LogP contribution in [-0.4, -0.2) is 62.5 Å². The Morgan fingerprint density at radius 1 is 1.22 bits per heavy atom. The summed E-state index contributed by atoms with van der Waals surface area (Å²) in [4.78, 5) is 29.4. The second-order valence-electron chi connectivity index (χ2n) is 8.48. The van der Waals surface area contributed by atoms with Crippen LogP contribution in [0.5, 0.6) is 5.75 Å². The van der Waals surface area contributed by atoms with Gasteiger partial charge in [0.05, 0.1) is 25.5 Å². The molecule has 2 unspecified atom stereocenters. The Kier molecular flexibility index (Phi) is 8.22. The van der Waals surface area contributed by atoms with E-state index in [1.165, 1.54) is 12.1 Å². The SMILES string of the molecule is COc1cccc(C(CNC(=O)C2CCCN(C(=O)Cc3ccc(F)cc3)C2)N(C)C)c1. The first-order valence-corrected chi connectivity index (χ1v) is 11.0. The number of halogens is 1. The highest BCUT2D eigenvalue weighted by Crippen LogP contribution is 2.23. The van der Waals surface area contributed by atoms with Crippen LogP contribution in [0.2, 0.25) is 0 Å². The molecular weight excluding hydrogens is 409 g/mol. The molecule has 0 bridgehead atoms. The molecule has 2 aromatic rings. The van der Waals surface area contributed by atoms with Gasteiger partial charge < -0.3 is 19.9 Å². The number of hydrogen-bond donors (Lipinski definition) is 1. The molecule has 7 heteroatoms. The topological polar surface area (TPSA) is 61.9 Å². The molecule has 0 aromatic heterocycles. The van der Waals surface area contributed by atoms with Crippen molar-refractivity contribution in [3.63, 3.8) is 0 Å². The van der Waals surface area contributed by atoms with Gasteiger partial charge in [-0.15, -0.1) is 0 Å². The lowest BCUT2D eigenvalue weighted by Crippen LogP contribution is -2.47. The number of nitrogens with zero attached hydrogens (tertiary/aromatic N) is 2. The minimum atomic E-state index is -0.319. The number of methoxy groups -OCH3 is 1. The fourth-order valence-corrected chi connectivity index (χ4v) is 4.10. The molecule has 0 radical (unpaired) electrons. The fourth-order valence-electron chi connectivity index (χ4n) is 4.10. The second kappa shape index (κ2) is 11.1. The maximum Gasteiger partial charge on any atom is 0.227 e. The summed E-state index contributed by atoms with van der Waals surface area (Å²) in [7, 11) is 5.59. The quantitative estimate of drug-likeness (QED) is 0.684. The summed E-state index contributed by atoms with van der Waals surface area (Å²) >= 11 is 0. The number of rotatable bonds is 8. The van der Waals surface area contributed by atoms with E-state index in [0.29, 0.717) is 19.6 Å². The molecule has 1 saturated heterocycles. The normalized spacial score (nSPS) is 17.2. The number of likely N-dealkylation sites (tertiary alicyclic amines) is 1. The highest BCUT2D eigenvalue weighted by atomic mass is 19.1. The molecule has 2 atom stereocenters. The van der Waals surface area contributed by atoms with Crippen molar-refractivity contribution in [2.24, 2.45) is 5.92 Å². The number of carbonyl (C=O) groups is 2. The van der Waals surface area contributed by atoms with Crippen LogP contribution in [0.15, 0.2) is 48.5 Å². The van der Waals surface area contributed by atoms with E-state index in [2.05, 4.69) is 10.2 Å². The molecule has 1 aliphatic rings. The zero-order chi connectivity index (χ0) is 23.1. The van der Waals surface area contributed by atoms with Crippen LogP contribution in [0.1, 0.15) is 30.0 Å². The predicted octanol–water partition coefficient (Wildman–Crippen LogP) is 3.03. The van der Waals surface area contributed by atoms with Crippen molar-refractivity contribution in [1.82, 2.24) is 15.1 Å². The molecule has 0 saturated carbocycles. The van der Waals surface area contributed by atoms with Gasteiger partial charge >= 0.3 is 0 Å². The van der Waals surface area contributed by atoms with Crippen LogP contribution < -0.4 is 10.1 Å². The molecule has 3 rings (SSSR count). The first-order chi connectivity index (χ1) is 15.4. The average Bonchev–Trinajstić information content (AvgIpc) is 2.80. The number of amides is 2. The first-order valence-electron chi connectivity index (χ1n) is 11.0. The molecular formula is C25H32FN3O3. The van der Waals surface area contributed by atoms with Crippen LogP contribution in [0.4, 0.5) is 4.39 Å². The van der Waals surface area contributed by atoms with Gasteiger partial charge in [0.1, 0.15) is 11.6 Å². The third-order valence-corrected chi connectivity index (χ3v) is 5.99. The van der Waals surface area contributed by atoms with Gasteiger partial charge in [0.2, 0.25) is 11.8 Å². The smallest absolute Gasteiger partial charge is 0.227 e. The zero-order valence-corrected chi connectivity index (χ0v) is 19.0. The fraction of sp³-hybridized carbons (Fsp3) is 0.440. The van der Waals surface area contributed by atoms with E-state index in [1.54, 1.807) is 24.1 Å². The lowest BCUT2D eigenvalue weighted by Gasteiger charge is -2.33. The van der Waals surface area contributed by atoms with Crippen molar-refractivity contribution in [3.8, 4) is 5.75 Å². The summed E-state index contributed by atoms with van der Waals surface area (Å²) in [6.07, 6.45) is 1.77. The third kappa shape index (κ3) is 6.29. The first kappa shape index (κ1) is 23.7. The number of ether oxygens (including phenoxy) is 1. The van der Waals surface area contributed by atoms with Gasteiger partial charge in [0, 0.05) is 19.6 Å². The molecule has 1 aliphatic heterocycles. The Bertz CT molecular complexity index is 917. The number of benzene rings is 2. The summed E-state index contributed by atoms with van der Waals surface area (Å²) in [5.74, 6) is 0.175. The van der Waals surface area contributed by atoms with E-state index in [-0.39, 0.29) is 36.0 Å². The van der Waals surface area contributed by atoms with Crippen molar-refractivity contribution in [3.05, 3.63) is 65.5 Å². The van der Waals surface area contributed by atoms with Crippen LogP contribution in [0.3, 0.4) is 0 Å². The van der Waals surface area contributed by atoms with Crippen LogP contribution in [0, 0.1) is 11.7 Å². The lowest BCUT2D eigenvalue weighted by atomic mass is 9.96. The number of likely N-dealkylation sites (N-methyl/N-ethyl adjacent to an activating group) is 1. The number of nitrogens with one attached hydrogen (secondary N) is 1. The average molecular weight is 442 g/mol. The molecule has 1 fully saturated rings. The molecule has 0 spiro atoms. The van der Waals surface area contributed by atoms with E-state index in [0.717, 1.165) is 29.7 Å². The Morgan fingerprint density at radius 3 is 2.66 bits per heavy atom. The highest BCUT2D eigenvalue weighted by Gasteiger charge is 2.29. The van der Waals surface area contributed by atoms with Crippen molar-refractivity contribution >= 4 is 11.8 Å². The Labute approximate surface area is 189 Å². The Hall–Kier alpha value is -2.93. The van der Waals surface area contributed by atoms with Crippen molar-refractivity contribution in [2.75, 3.05) is 40.8 Å². The van der Waals surface area contributed by atoms with E-state index < -0.39 is 0 Å². The molecule has 32 heavy (non-hydrogen) atoms. The van der Waals surface area contributed by atoms with Gasteiger partial charge in [-0.1, -0.05) is 24.3 Å². The highest BCUT2D eigenvalue weighted by molar-refractivity contribution is 5.82. The van der Waals surface area contributed by atoms with Gasteiger partial charge in [-0.2, -0.15) is 0 Å². The molecule has 172 valence electrons. The van der Waals surface area contributed by atoms with Gasteiger partial charge in [-0.3, -0.25) is 9.59 Å². The number of hydrogen-bond acceptors (Lipinski definition) is 4. The summed E-state index contributed by atoms with van der Waals surface area (Å²) in [5, 5.41) is 3.08. The molecule has 2 amide bonds. The molecule has 1 N–H and O–H groups in total. The van der Waals surface area contributed by atoms with Gasteiger partial charge in [-0.05, 0) is 62.3 Å². The van der Waals surface area contributed by atoms with E-state index in [1.807, 2.05) is 38.4 Å². The Morgan fingerprint density at radius 2 is 1.97 bits per heavy atom. The van der Waals surface area contributed by atoms with Gasteiger partial charge in [-0.25, -0.2) is 4.39 Å². The second-order valence-corrected chi connectivity index (χ2v) is 8.48. The standard InChI is InChI=1S/C25H32FN3O3/c1-28(2)23(19-6-4-8-22(15-19)32-3)16-27-25(31)20-7-5-13-29(17-20)24(30)14-18-9-11-21(26)12-10-18/h4,6,8-12,15,20,23H,5,7,13-14,16-17H2,1-3H3,(H,27,31). The Balaban J connectivity index is 1.56. The van der Waals surface area contributed by atoms with Crippen LogP contribution in [-0.2, 0) is 16.0 Å². The zero-order valence-electron chi connectivity index (χ0n) is 19.0. The monoisotopic (exact) mass is 441 g/mol. The molecule has 1 heterocycles. The van der Waals surface area contributed by atoms with E-state index >= 15 is 0 Å². The van der Waals surface area contributed by atoms with Gasteiger partial charge in [0.25, 0.3) is 0 Å². The number of carbonyl (C=O) groups excluding carboxylic acids is 2. The van der Waals surface area contributed by atoms with Crippen LogP contribution >= 0.6 is 0 Å². The summed E-state index contributed by atoms with van der Waals surface area (Å²) < 4.78 is 18.4. The molecule has 2 aromatic carbocycles. The minimum absolute atomic E-state index is 0.00820. The summed E-state index contributed by atoms with van der Waals surface area (Å²) in [6.45, 7) is 1.53. The molecule has 0 aliphatic carbocycles. The van der Waals surface area contributed by atoms with E-state index in [9.17, 15) is 14.0 Å². The summed E-state index contributed by atoms with van der Waals surface area (Å²) in [6, 6.07) is 13.8.